The van der Waals surface area contributed by atoms with Crippen molar-refractivity contribution in [1.82, 2.24) is 5.32 Å². The van der Waals surface area contributed by atoms with E-state index < -0.39 is 0 Å². The molecule has 0 spiro atoms. The maximum Gasteiger partial charge on any atom is 0.0764 e. The molecule has 2 rings (SSSR count). The Balaban J connectivity index is 2.32. The van der Waals surface area contributed by atoms with Gasteiger partial charge in [-0.1, -0.05) is 42.5 Å². The topological polar surface area (TPSA) is 12.0 Å². The Labute approximate surface area is 90.5 Å². The van der Waals surface area contributed by atoms with Crippen LogP contribution in [0.4, 0.5) is 0 Å². The van der Waals surface area contributed by atoms with Crippen LogP contribution < -0.4 is 5.32 Å². The molecule has 0 saturated carbocycles. The van der Waals surface area contributed by atoms with Crippen molar-refractivity contribution in [2.24, 2.45) is 0 Å². The molecule has 1 fully saturated rings. The predicted octanol–water partition coefficient (Wildman–Crippen LogP) is 2.87. The van der Waals surface area contributed by atoms with Crippen molar-refractivity contribution in [2.75, 3.05) is 0 Å². The quantitative estimate of drug-likeness (QED) is 0.708. The maximum absolute atomic E-state index is 5.23. The Bertz CT molecular complexity index is 343. The number of rotatable bonds is 1. The van der Waals surface area contributed by atoms with Crippen LogP contribution in [0.5, 0.6) is 0 Å². The second-order valence-electron chi connectivity index (χ2n) is 4.44. The van der Waals surface area contributed by atoms with Gasteiger partial charge >= 0.3 is 0 Å². The van der Waals surface area contributed by atoms with Crippen LogP contribution in [0.3, 0.4) is 0 Å². The van der Waals surface area contributed by atoms with Crippen molar-refractivity contribution >= 4 is 17.2 Å². The smallest absolute Gasteiger partial charge is 0.0764 e. The fourth-order valence-corrected chi connectivity index (χ4v) is 2.59. The van der Waals surface area contributed by atoms with Gasteiger partial charge in [-0.25, -0.2) is 0 Å². The first-order valence-corrected chi connectivity index (χ1v) is 5.36. The number of hydrogen-bond acceptors (Lipinski definition) is 1. The molecule has 0 radical (unpaired) electrons. The SMILES string of the molecule is CC1(C)NC(=S)CC1c1ccccc1. The van der Waals surface area contributed by atoms with Crippen molar-refractivity contribution in [3.05, 3.63) is 35.9 Å². The highest BCUT2D eigenvalue weighted by Crippen LogP contribution is 2.36. The van der Waals surface area contributed by atoms with E-state index in [1.807, 2.05) is 0 Å². The summed E-state index contributed by atoms with van der Waals surface area (Å²) in [6, 6.07) is 10.6. The molecule has 1 unspecified atom stereocenters. The van der Waals surface area contributed by atoms with Crippen LogP contribution in [-0.4, -0.2) is 10.5 Å². The summed E-state index contributed by atoms with van der Waals surface area (Å²) >= 11 is 5.23. The molecule has 1 aliphatic heterocycles. The highest BCUT2D eigenvalue weighted by molar-refractivity contribution is 7.80. The van der Waals surface area contributed by atoms with E-state index in [1.165, 1.54) is 5.56 Å². The van der Waals surface area contributed by atoms with Crippen molar-refractivity contribution in [3.63, 3.8) is 0 Å². The lowest BCUT2D eigenvalue weighted by atomic mass is 9.83. The lowest BCUT2D eigenvalue weighted by Gasteiger charge is -2.27. The van der Waals surface area contributed by atoms with E-state index in [1.54, 1.807) is 0 Å². The van der Waals surface area contributed by atoms with Crippen LogP contribution in [0.25, 0.3) is 0 Å². The van der Waals surface area contributed by atoms with Crippen LogP contribution in [0.1, 0.15) is 31.7 Å². The fourth-order valence-electron chi connectivity index (χ4n) is 2.16. The van der Waals surface area contributed by atoms with E-state index in [2.05, 4.69) is 49.5 Å². The zero-order chi connectivity index (χ0) is 10.2. The van der Waals surface area contributed by atoms with E-state index >= 15 is 0 Å². The number of thiocarbonyl (C=S) groups is 1. The first kappa shape index (κ1) is 9.66. The first-order chi connectivity index (χ1) is 6.59. The lowest BCUT2D eigenvalue weighted by molar-refractivity contribution is 0.420. The van der Waals surface area contributed by atoms with Crippen LogP contribution in [0.15, 0.2) is 30.3 Å². The summed E-state index contributed by atoms with van der Waals surface area (Å²) in [5.41, 5.74) is 1.48. The average Bonchev–Trinajstić information content (AvgIpc) is 2.41. The summed E-state index contributed by atoms with van der Waals surface area (Å²) in [5.74, 6) is 0.510. The maximum atomic E-state index is 5.23. The second kappa shape index (κ2) is 3.35. The van der Waals surface area contributed by atoms with E-state index in [0.717, 1.165) is 11.4 Å². The van der Waals surface area contributed by atoms with Gasteiger partial charge in [0.05, 0.1) is 4.99 Å². The number of benzene rings is 1. The summed E-state index contributed by atoms with van der Waals surface area (Å²) in [4.78, 5) is 0.990. The molecule has 14 heavy (non-hydrogen) atoms. The summed E-state index contributed by atoms with van der Waals surface area (Å²) in [6.07, 6.45) is 0.979. The Morgan fingerprint density at radius 1 is 1.29 bits per heavy atom. The van der Waals surface area contributed by atoms with Gasteiger partial charge in [0, 0.05) is 17.9 Å². The molecular formula is C12H15NS. The van der Waals surface area contributed by atoms with Crippen LogP contribution in [0, 0.1) is 0 Å². The van der Waals surface area contributed by atoms with Gasteiger partial charge < -0.3 is 5.32 Å². The van der Waals surface area contributed by atoms with Gasteiger partial charge in [-0.3, -0.25) is 0 Å². The Hall–Kier alpha value is -0.890. The van der Waals surface area contributed by atoms with E-state index in [9.17, 15) is 0 Å². The van der Waals surface area contributed by atoms with E-state index in [4.69, 9.17) is 12.2 Å². The van der Waals surface area contributed by atoms with Crippen LogP contribution >= 0.6 is 12.2 Å². The highest BCUT2D eigenvalue weighted by atomic mass is 32.1. The molecule has 2 heteroatoms. The summed E-state index contributed by atoms with van der Waals surface area (Å²) in [6.45, 7) is 4.42. The third-order valence-electron chi connectivity index (χ3n) is 2.92. The van der Waals surface area contributed by atoms with Gasteiger partial charge in [0.2, 0.25) is 0 Å². The lowest BCUT2D eigenvalue weighted by Crippen LogP contribution is -2.38. The van der Waals surface area contributed by atoms with Gasteiger partial charge in [-0.05, 0) is 19.4 Å². The van der Waals surface area contributed by atoms with Gasteiger partial charge in [-0.15, -0.1) is 0 Å². The highest BCUT2D eigenvalue weighted by Gasteiger charge is 2.37. The molecule has 1 aliphatic rings. The first-order valence-electron chi connectivity index (χ1n) is 4.95. The van der Waals surface area contributed by atoms with E-state index in [-0.39, 0.29) is 5.54 Å². The molecule has 1 nitrogen and oxygen atoms in total. The second-order valence-corrected chi connectivity index (χ2v) is 4.93. The molecule has 1 heterocycles. The predicted molar refractivity (Wildman–Crippen MR) is 63.6 cm³/mol. The molecule has 1 aromatic carbocycles. The third kappa shape index (κ3) is 1.67. The third-order valence-corrected chi connectivity index (χ3v) is 3.19. The number of nitrogens with one attached hydrogen (secondary N) is 1. The molecule has 74 valence electrons. The average molecular weight is 205 g/mol. The van der Waals surface area contributed by atoms with Crippen LogP contribution in [-0.2, 0) is 0 Å². The van der Waals surface area contributed by atoms with Crippen molar-refractivity contribution in [3.8, 4) is 0 Å². The van der Waals surface area contributed by atoms with Crippen molar-refractivity contribution in [1.29, 1.82) is 0 Å². The van der Waals surface area contributed by atoms with Gasteiger partial charge in [0.1, 0.15) is 0 Å². The summed E-state index contributed by atoms with van der Waals surface area (Å²) in [5, 5.41) is 3.37. The molecule has 1 atom stereocenters. The van der Waals surface area contributed by atoms with Gasteiger partial charge in [0.25, 0.3) is 0 Å². The molecule has 0 aliphatic carbocycles. The van der Waals surface area contributed by atoms with Crippen molar-refractivity contribution < 1.29 is 0 Å². The normalized spacial score (nSPS) is 24.7. The zero-order valence-electron chi connectivity index (χ0n) is 8.58. The van der Waals surface area contributed by atoms with Gasteiger partial charge in [0.15, 0.2) is 0 Å². The number of hydrogen-bond donors (Lipinski definition) is 1. The van der Waals surface area contributed by atoms with Crippen molar-refractivity contribution in [2.45, 2.75) is 31.7 Å². The Morgan fingerprint density at radius 3 is 2.43 bits per heavy atom. The minimum atomic E-state index is 0.0957. The molecule has 0 aromatic heterocycles. The molecule has 0 amide bonds. The zero-order valence-corrected chi connectivity index (χ0v) is 9.40. The van der Waals surface area contributed by atoms with Gasteiger partial charge in [-0.2, -0.15) is 0 Å². The molecule has 0 bridgehead atoms. The summed E-state index contributed by atoms with van der Waals surface area (Å²) in [7, 11) is 0. The minimum absolute atomic E-state index is 0.0957. The van der Waals surface area contributed by atoms with Crippen LogP contribution in [0.2, 0.25) is 0 Å². The standard InChI is InChI=1S/C12H15NS/c1-12(2)10(8-11(14)13-12)9-6-4-3-5-7-9/h3-7,10H,8H2,1-2H3,(H,13,14). The fraction of sp³-hybridized carbons (Fsp3) is 0.417. The molecular weight excluding hydrogens is 190 g/mol. The Morgan fingerprint density at radius 2 is 1.93 bits per heavy atom. The Kier molecular flexibility index (Phi) is 2.31. The monoisotopic (exact) mass is 205 g/mol. The largest absolute Gasteiger partial charge is 0.374 e. The molecule has 1 aromatic rings. The summed E-state index contributed by atoms with van der Waals surface area (Å²) < 4.78 is 0. The minimum Gasteiger partial charge on any atom is -0.374 e. The molecule has 1 N–H and O–H groups in total. The molecule has 1 saturated heterocycles. The van der Waals surface area contributed by atoms with E-state index in [0.29, 0.717) is 5.92 Å².